The van der Waals surface area contributed by atoms with Gasteiger partial charge in [0.15, 0.2) is 0 Å². The van der Waals surface area contributed by atoms with E-state index in [0.717, 1.165) is 25.0 Å². The molecule has 1 aliphatic rings. The molecular formula is C15H17ClN2O. The topological polar surface area (TPSA) is 36.1 Å². The third-order valence-electron chi connectivity index (χ3n) is 3.75. The Morgan fingerprint density at radius 2 is 2.21 bits per heavy atom. The van der Waals surface area contributed by atoms with Crippen molar-refractivity contribution < 1.29 is 4.79 Å². The molecule has 1 aliphatic heterocycles. The zero-order chi connectivity index (χ0) is 13.2. The van der Waals surface area contributed by atoms with Crippen LogP contribution in [0, 0.1) is 5.92 Å². The van der Waals surface area contributed by atoms with Gasteiger partial charge in [-0.1, -0.05) is 18.2 Å². The summed E-state index contributed by atoms with van der Waals surface area (Å²) in [6, 6.07) is 10.4. The maximum atomic E-state index is 11.8. The van der Waals surface area contributed by atoms with Crippen molar-refractivity contribution in [3.05, 3.63) is 36.0 Å². The molecule has 0 spiro atoms. The van der Waals surface area contributed by atoms with Gasteiger partial charge in [0.2, 0.25) is 5.91 Å². The average Bonchev–Trinajstić information content (AvgIpc) is 2.99. The van der Waals surface area contributed by atoms with Crippen LogP contribution >= 0.6 is 11.6 Å². The molecule has 2 heterocycles. The zero-order valence-corrected chi connectivity index (χ0v) is 11.5. The lowest BCUT2D eigenvalue weighted by Crippen LogP contribution is -2.27. The normalized spacial score (nSPS) is 19.5. The van der Waals surface area contributed by atoms with Crippen LogP contribution in [0.1, 0.15) is 12.1 Å². The molecule has 4 heteroatoms. The van der Waals surface area contributed by atoms with Gasteiger partial charge >= 0.3 is 0 Å². The lowest BCUT2D eigenvalue weighted by Gasteiger charge is -2.15. The first-order valence-electron chi connectivity index (χ1n) is 6.66. The minimum atomic E-state index is 0.238. The van der Waals surface area contributed by atoms with Crippen LogP contribution < -0.4 is 0 Å². The highest BCUT2D eigenvalue weighted by atomic mass is 35.5. The molecule has 1 fully saturated rings. The Hall–Kier alpha value is -1.48. The fourth-order valence-electron chi connectivity index (χ4n) is 2.70. The third-order valence-corrected chi connectivity index (χ3v) is 4.19. The van der Waals surface area contributed by atoms with Crippen molar-refractivity contribution >= 4 is 28.4 Å². The number of amides is 1. The number of rotatable bonds is 4. The van der Waals surface area contributed by atoms with Gasteiger partial charge in [-0.2, -0.15) is 0 Å². The van der Waals surface area contributed by atoms with Crippen molar-refractivity contribution in [2.24, 2.45) is 5.92 Å². The van der Waals surface area contributed by atoms with Gasteiger partial charge in [-0.15, -0.1) is 11.6 Å². The first kappa shape index (κ1) is 12.5. The van der Waals surface area contributed by atoms with Crippen LogP contribution in [-0.4, -0.2) is 34.8 Å². The molecule has 2 aromatic rings. The lowest BCUT2D eigenvalue weighted by molar-refractivity contribution is -0.127. The number of alkyl halides is 1. The van der Waals surface area contributed by atoms with E-state index in [1.807, 2.05) is 17.0 Å². The monoisotopic (exact) mass is 276 g/mol. The summed E-state index contributed by atoms with van der Waals surface area (Å²) in [5.74, 6) is 1.15. The van der Waals surface area contributed by atoms with Crippen LogP contribution in [0.3, 0.4) is 0 Å². The minimum absolute atomic E-state index is 0.238. The molecule has 0 bridgehead atoms. The third kappa shape index (κ3) is 2.61. The van der Waals surface area contributed by atoms with E-state index in [4.69, 9.17) is 11.6 Å². The summed E-state index contributed by atoms with van der Waals surface area (Å²) in [6.07, 6.45) is 1.48. The van der Waals surface area contributed by atoms with Gasteiger partial charge in [0.1, 0.15) is 0 Å². The summed E-state index contributed by atoms with van der Waals surface area (Å²) in [7, 11) is 0. The number of para-hydroxylation sites is 1. The second-order valence-corrected chi connectivity index (χ2v) is 5.50. The first-order chi connectivity index (χ1) is 9.26. The van der Waals surface area contributed by atoms with Gasteiger partial charge in [0, 0.05) is 43.0 Å². The Morgan fingerprint density at radius 3 is 2.95 bits per heavy atom. The fraction of sp³-hybridized carbons (Fsp3) is 0.400. The number of nitrogens with one attached hydrogen (secondary N) is 1. The molecule has 1 aromatic carbocycles. The highest BCUT2D eigenvalue weighted by Gasteiger charge is 2.28. The van der Waals surface area contributed by atoms with Gasteiger partial charge in [-0.25, -0.2) is 0 Å². The largest absolute Gasteiger partial charge is 0.358 e. The number of likely N-dealkylation sites (tertiary alicyclic amines) is 1. The molecule has 3 nitrogen and oxygen atoms in total. The standard InChI is InChI=1S/C15H17ClN2O/c16-9-11-7-15(19)18(10-11)6-5-13-8-12-3-1-2-4-14(12)17-13/h1-4,8,11,17H,5-7,9-10H2. The van der Waals surface area contributed by atoms with E-state index >= 15 is 0 Å². The molecule has 1 aromatic heterocycles. The van der Waals surface area contributed by atoms with E-state index < -0.39 is 0 Å². The number of hydrogen-bond donors (Lipinski definition) is 1. The van der Waals surface area contributed by atoms with Crippen molar-refractivity contribution in [3.63, 3.8) is 0 Å². The second kappa shape index (κ2) is 5.25. The fourth-order valence-corrected chi connectivity index (χ4v) is 2.90. The minimum Gasteiger partial charge on any atom is -0.358 e. The van der Waals surface area contributed by atoms with Crippen LogP contribution in [0.4, 0.5) is 0 Å². The van der Waals surface area contributed by atoms with E-state index in [-0.39, 0.29) is 5.91 Å². The summed E-state index contributed by atoms with van der Waals surface area (Å²) in [6.45, 7) is 1.58. The number of H-pyrrole nitrogens is 1. The average molecular weight is 277 g/mol. The molecular weight excluding hydrogens is 260 g/mol. The predicted molar refractivity (Wildman–Crippen MR) is 77.4 cm³/mol. The lowest BCUT2D eigenvalue weighted by atomic mass is 10.1. The van der Waals surface area contributed by atoms with Crippen molar-refractivity contribution in [1.82, 2.24) is 9.88 Å². The van der Waals surface area contributed by atoms with Crippen LogP contribution in [0.25, 0.3) is 10.9 Å². The molecule has 1 unspecified atom stereocenters. The number of fused-ring (bicyclic) bond motifs is 1. The number of nitrogens with zero attached hydrogens (tertiary/aromatic N) is 1. The summed E-state index contributed by atoms with van der Waals surface area (Å²) >= 11 is 5.82. The smallest absolute Gasteiger partial charge is 0.222 e. The van der Waals surface area contributed by atoms with Crippen LogP contribution in [0.5, 0.6) is 0 Å². The molecule has 100 valence electrons. The Kier molecular flexibility index (Phi) is 3.47. The molecule has 1 saturated heterocycles. The molecule has 3 rings (SSSR count). The summed E-state index contributed by atoms with van der Waals surface area (Å²) in [4.78, 5) is 17.1. The molecule has 1 amide bonds. The highest BCUT2D eigenvalue weighted by molar-refractivity contribution is 6.18. The predicted octanol–water partition coefficient (Wildman–Crippen LogP) is 2.80. The number of aromatic amines is 1. The highest BCUT2D eigenvalue weighted by Crippen LogP contribution is 2.20. The summed E-state index contributed by atoms with van der Waals surface area (Å²) in [5.41, 5.74) is 2.34. The molecule has 1 N–H and O–H groups in total. The van der Waals surface area contributed by atoms with Crippen molar-refractivity contribution in [3.8, 4) is 0 Å². The Labute approximate surface area is 117 Å². The second-order valence-electron chi connectivity index (χ2n) is 5.20. The first-order valence-corrected chi connectivity index (χ1v) is 7.20. The van der Waals surface area contributed by atoms with Gasteiger partial charge in [0.25, 0.3) is 0 Å². The maximum Gasteiger partial charge on any atom is 0.222 e. The quantitative estimate of drug-likeness (QED) is 0.857. The number of aromatic nitrogens is 1. The van der Waals surface area contributed by atoms with Gasteiger partial charge in [-0.3, -0.25) is 4.79 Å². The molecule has 0 saturated carbocycles. The van der Waals surface area contributed by atoms with Crippen molar-refractivity contribution in [2.75, 3.05) is 19.0 Å². The Morgan fingerprint density at radius 1 is 1.37 bits per heavy atom. The van der Waals surface area contributed by atoms with E-state index in [1.54, 1.807) is 0 Å². The number of carbonyl (C=O) groups is 1. The Bertz CT molecular complexity index is 560. The SMILES string of the molecule is O=C1CC(CCl)CN1CCc1cc2ccccc2[nH]1. The Balaban J connectivity index is 1.64. The van der Waals surface area contributed by atoms with Gasteiger partial charge < -0.3 is 9.88 Å². The summed E-state index contributed by atoms with van der Waals surface area (Å²) < 4.78 is 0. The van der Waals surface area contributed by atoms with Crippen molar-refractivity contribution in [1.29, 1.82) is 0 Å². The van der Waals surface area contributed by atoms with Gasteiger partial charge in [0.05, 0.1) is 0 Å². The molecule has 19 heavy (non-hydrogen) atoms. The number of carbonyl (C=O) groups excluding carboxylic acids is 1. The molecule has 1 atom stereocenters. The van der Waals surface area contributed by atoms with E-state index in [1.165, 1.54) is 11.1 Å². The number of hydrogen-bond acceptors (Lipinski definition) is 1. The molecule has 0 aliphatic carbocycles. The van der Waals surface area contributed by atoms with Crippen LogP contribution in [-0.2, 0) is 11.2 Å². The van der Waals surface area contributed by atoms with E-state index in [9.17, 15) is 4.79 Å². The van der Waals surface area contributed by atoms with E-state index in [0.29, 0.717) is 18.2 Å². The molecule has 0 radical (unpaired) electrons. The zero-order valence-electron chi connectivity index (χ0n) is 10.7. The van der Waals surface area contributed by atoms with Gasteiger partial charge in [-0.05, 0) is 23.4 Å². The van der Waals surface area contributed by atoms with Crippen LogP contribution in [0.2, 0.25) is 0 Å². The van der Waals surface area contributed by atoms with Crippen LogP contribution in [0.15, 0.2) is 30.3 Å². The van der Waals surface area contributed by atoms with E-state index in [2.05, 4.69) is 23.2 Å². The van der Waals surface area contributed by atoms with Crippen molar-refractivity contribution in [2.45, 2.75) is 12.8 Å². The number of benzene rings is 1. The maximum absolute atomic E-state index is 11.8. The summed E-state index contributed by atoms with van der Waals surface area (Å²) in [5, 5.41) is 1.23. The number of halogens is 1.